The maximum atomic E-state index is 2.59. The zero-order valence-electron chi connectivity index (χ0n) is 22.1. The van der Waals surface area contributed by atoms with Gasteiger partial charge in [-0.05, 0) is 66.4 Å². The molecule has 7 aromatic rings. The third-order valence-electron chi connectivity index (χ3n) is 8.19. The topological polar surface area (TPSA) is 9.86 Å². The highest BCUT2D eigenvalue weighted by Crippen LogP contribution is 2.39. The summed E-state index contributed by atoms with van der Waals surface area (Å²) in [6.07, 6.45) is 3.54. The van der Waals surface area contributed by atoms with Crippen LogP contribution in [0.5, 0.6) is 0 Å². The Bertz CT molecular complexity index is 1920. The number of fused-ring (bicyclic) bond motifs is 6. The Kier molecular flexibility index (Phi) is 5.55. The van der Waals surface area contributed by atoms with Gasteiger partial charge in [0.25, 0.3) is 0 Å². The van der Waals surface area contributed by atoms with Crippen LogP contribution in [0.15, 0.2) is 115 Å². The van der Waals surface area contributed by atoms with Crippen molar-refractivity contribution in [3.8, 4) is 16.8 Å². The van der Waals surface area contributed by atoms with Gasteiger partial charge < -0.3 is 9.13 Å². The van der Waals surface area contributed by atoms with Crippen molar-refractivity contribution < 1.29 is 0 Å². The van der Waals surface area contributed by atoms with Crippen LogP contribution in [0.1, 0.15) is 39.2 Å². The predicted octanol–water partition coefficient (Wildman–Crippen LogP) is 10.3. The summed E-state index contributed by atoms with van der Waals surface area (Å²) in [5, 5.41) is 5.27. The van der Waals surface area contributed by atoms with E-state index in [2.05, 4.69) is 138 Å². The van der Waals surface area contributed by atoms with Crippen LogP contribution in [0.25, 0.3) is 60.4 Å². The van der Waals surface area contributed by atoms with E-state index >= 15 is 0 Å². The molecule has 0 aliphatic heterocycles. The summed E-state index contributed by atoms with van der Waals surface area (Å²) in [5.74, 6) is 0. The summed E-state index contributed by atoms with van der Waals surface area (Å²) in [7, 11) is 0. The first kappa shape index (κ1) is 22.9. The van der Waals surface area contributed by atoms with Gasteiger partial charge in [-0.2, -0.15) is 0 Å². The number of aromatic nitrogens is 2. The first-order chi connectivity index (χ1) is 18.8. The molecule has 5 aromatic carbocycles. The van der Waals surface area contributed by atoms with E-state index in [-0.39, 0.29) is 0 Å². The lowest BCUT2D eigenvalue weighted by atomic mass is 10.0. The minimum Gasteiger partial charge on any atom is -0.337 e. The fraction of sp³-hybridized carbons (Fsp3) is 0.167. The van der Waals surface area contributed by atoms with Crippen LogP contribution in [-0.4, -0.2) is 9.13 Å². The molecule has 2 aromatic heterocycles. The van der Waals surface area contributed by atoms with Crippen LogP contribution in [0.2, 0.25) is 0 Å². The van der Waals surface area contributed by atoms with E-state index in [4.69, 9.17) is 0 Å². The summed E-state index contributed by atoms with van der Waals surface area (Å²) in [6.45, 7) is 4.61. The van der Waals surface area contributed by atoms with E-state index in [0.717, 1.165) is 6.42 Å². The SMILES string of the molecule is CCCC(CC)n1c2ccccc2c2cc(-c3ccc4c5ccccc5n(-c5ccccc5)c4c3)ccc21. The molecule has 0 bridgehead atoms. The Morgan fingerprint density at radius 2 is 1.13 bits per heavy atom. The van der Waals surface area contributed by atoms with Crippen molar-refractivity contribution in [2.24, 2.45) is 0 Å². The molecule has 0 aliphatic carbocycles. The van der Waals surface area contributed by atoms with E-state index in [1.54, 1.807) is 0 Å². The molecular formula is C36H32N2. The van der Waals surface area contributed by atoms with Gasteiger partial charge in [-0.25, -0.2) is 0 Å². The van der Waals surface area contributed by atoms with Crippen LogP contribution in [0.4, 0.5) is 0 Å². The van der Waals surface area contributed by atoms with Crippen molar-refractivity contribution in [2.45, 2.75) is 39.2 Å². The van der Waals surface area contributed by atoms with Gasteiger partial charge in [0.05, 0.1) is 11.0 Å². The van der Waals surface area contributed by atoms with Crippen molar-refractivity contribution >= 4 is 43.6 Å². The van der Waals surface area contributed by atoms with Crippen molar-refractivity contribution in [3.05, 3.63) is 115 Å². The molecule has 0 amide bonds. The van der Waals surface area contributed by atoms with Gasteiger partial charge in [0.15, 0.2) is 0 Å². The summed E-state index contributed by atoms with van der Waals surface area (Å²) >= 11 is 0. The molecule has 7 rings (SSSR count). The van der Waals surface area contributed by atoms with Crippen LogP contribution in [-0.2, 0) is 0 Å². The molecule has 0 N–H and O–H groups in total. The lowest BCUT2D eigenvalue weighted by Crippen LogP contribution is -2.07. The number of nitrogens with zero attached hydrogens (tertiary/aromatic N) is 2. The van der Waals surface area contributed by atoms with Gasteiger partial charge in [-0.15, -0.1) is 0 Å². The molecule has 38 heavy (non-hydrogen) atoms. The molecule has 0 saturated carbocycles. The largest absolute Gasteiger partial charge is 0.337 e. The summed E-state index contributed by atoms with van der Waals surface area (Å²) < 4.78 is 4.99. The number of benzene rings is 5. The Hall–Kier alpha value is -4.30. The highest BCUT2D eigenvalue weighted by molar-refractivity contribution is 6.12. The average molecular weight is 493 g/mol. The van der Waals surface area contributed by atoms with Crippen LogP contribution < -0.4 is 0 Å². The van der Waals surface area contributed by atoms with Gasteiger partial charge in [-0.1, -0.05) is 93.1 Å². The number of hydrogen-bond acceptors (Lipinski definition) is 0. The number of rotatable bonds is 6. The van der Waals surface area contributed by atoms with Crippen molar-refractivity contribution in [3.63, 3.8) is 0 Å². The fourth-order valence-electron chi connectivity index (χ4n) is 6.43. The normalized spacial score (nSPS) is 12.7. The monoisotopic (exact) mass is 492 g/mol. The highest BCUT2D eigenvalue weighted by Gasteiger charge is 2.18. The summed E-state index contributed by atoms with van der Waals surface area (Å²) in [4.78, 5) is 0. The summed E-state index contributed by atoms with van der Waals surface area (Å²) in [5.41, 5.74) is 8.87. The molecule has 0 spiro atoms. The highest BCUT2D eigenvalue weighted by atomic mass is 15.0. The van der Waals surface area contributed by atoms with Crippen LogP contribution in [0.3, 0.4) is 0 Å². The molecule has 0 aliphatic rings. The van der Waals surface area contributed by atoms with E-state index < -0.39 is 0 Å². The van der Waals surface area contributed by atoms with Gasteiger partial charge in [-0.3, -0.25) is 0 Å². The minimum atomic E-state index is 0.520. The van der Waals surface area contributed by atoms with E-state index in [9.17, 15) is 0 Å². The molecule has 0 saturated heterocycles. The Morgan fingerprint density at radius 1 is 0.526 bits per heavy atom. The molecule has 2 heterocycles. The third-order valence-corrected chi connectivity index (χ3v) is 8.19. The standard InChI is InChI=1S/C36H32N2/c1-3-12-27(4-2)37-34-18-11-9-16-30(34)32-23-25(20-22-35(32)37)26-19-21-31-29-15-8-10-17-33(29)38(36(31)24-26)28-13-6-5-7-14-28/h5-11,13-24,27H,3-4,12H2,1-2H3. The quantitative estimate of drug-likeness (QED) is 0.218. The van der Waals surface area contributed by atoms with Crippen LogP contribution >= 0.6 is 0 Å². The fourth-order valence-corrected chi connectivity index (χ4v) is 6.43. The van der Waals surface area contributed by atoms with Gasteiger partial charge >= 0.3 is 0 Å². The van der Waals surface area contributed by atoms with Crippen LogP contribution in [0, 0.1) is 0 Å². The Morgan fingerprint density at radius 3 is 1.89 bits per heavy atom. The van der Waals surface area contributed by atoms with E-state index in [1.165, 1.54) is 73.3 Å². The number of para-hydroxylation sites is 3. The molecule has 2 nitrogen and oxygen atoms in total. The van der Waals surface area contributed by atoms with Gasteiger partial charge in [0.1, 0.15) is 0 Å². The second-order valence-corrected chi connectivity index (χ2v) is 10.4. The second kappa shape index (κ2) is 9.22. The molecule has 1 atom stereocenters. The maximum absolute atomic E-state index is 2.59. The number of hydrogen-bond donors (Lipinski definition) is 0. The van der Waals surface area contributed by atoms with Gasteiger partial charge in [0, 0.05) is 44.3 Å². The Labute approximate surface area is 223 Å². The molecular weight excluding hydrogens is 460 g/mol. The van der Waals surface area contributed by atoms with E-state index in [0.29, 0.717) is 6.04 Å². The van der Waals surface area contributed by atoms with E-state index in [1.807, 2.05) is 0 Å². The second-order valence-electron chi connectivity index (χ2n) is 10.4. The zero-order valence-corrected chi connectivity index (χ0v) is 22.1. The predicted molar refractivity (Wildman–Crippen MR) is 163 cm³/mol. The Balaban J connectivity index is 1.46. The van der Waals surface area contributed by atoms with Crippen molar-refractivity contribution in [2.75, 3.05) is 0 Å². The first-order valence-electron chi connectivity index (χ1n) is 13.9. The molecule has 2 heteroatoms. The first-order valence-corrected chi connectivity index (χ1v) is 13.9. The summed E-state index contributed by atoms with van der Waals surface area (Å²) in [6, 6.07) is 42.9. The lowest BCUT2D eigenvalue weighted by Gasteiger charge is -2.19. The molecule has 0 radical (unpaired) electrons. The molecule has 1 unspecified atom stereocenters. The van der Waals surface area contributed by atoms with Crippen molar-refractivity contribution in [1.82, 2.24) is 9.13 Å². The smallest absolute Gasteiger partial charge is 0.0547 e. The maximum Gasteiger partial charge on any atom is 0.0547 e. The lowest BCUT2D eigenvalue weighted by molar-refractivity contribution is 0.471. The van der Waals surface area contributed by atoms with Gasteiger partial charge in [0.2, 0.25) is 0 Å². The van der Waals surface area contributed by atoms with Crippen molar-refractivity contribution in [1.29, 1.82) is 0 Å². The molecule has 0 fully saturated rings. The minimum absolute atomic E-state index is 0.520. The third kappa shape index (κ3) is 3.48. The molecule has 186 valence electrons. The average Bonchev–Trinajstić information content (AvgIpc) is 3.48. The zero-order chi connectivity index (χ0) is 25.6.